The zero-order valence-electron chi connectivity index (χ0n) is 20.6. The van der Waals surface area contributed by atoms with E-state index >= 15 is 0 Å². The van der Waals surface area contributed by atoms with Crippen LogP contribution in [0.5, 0.6) is 0 Å². The van der Waals surface area contributed by atoms with Crippen LogP contribution < -0.4 is 5.32 Å². The number of aliphatic carboxylic acids is 1. The van der Waals surface area contributed by atoms with Crippen LogP contribution in [0.3, 0.4) is 0 Å². The molecule has 1 saturated heterocycles. The summed E-state index contributed by atoms with van der Waals surface area (Å²) in [5.41, 5.74) is 4.55. The number of carboxylic acid groups (broad SMARTS) is 1. The van der Waals surface area contributed by atoms with Gasteiger partial charge in [-0.25, -0.2) is 4.79 Å². The van der Waals surface area contributed by atoms with Crippen LogP contribution in [0.25, 0.3) is 11.1 Å². The number of nitrogens with zero attached hydrogens (tertiary/aromatic N) is 1. The summed E-state index contributed by atoms with van der Waals surface area (Å²) < 4.78 is 5.67. The van der Waals surface area contributed by atoms with Gasteiger partial charge in [-0.2, -0.15) is 0 Å². The maximum absolute atomic E-state index is 13.5. The number of fused-ring (bicyclic) bond motifs is 3. The van der Waals surface area contributed by atoms with E-state index in [4.69, 9.17) is 4.74 Å². The molecule has 7 heteroatoms. The summed E-state index contributed by atoms with van der Waals surface area (Å²) >= 11 is 0. The summed E-state index contributed by atoms with van der Waals surface area (Å²) in [4.78, 5) is 39.6. The summed E-state index contributed by atoms with van der Waals surface area (Å²) in [7, 11) is 0. The zero-order valence-corrected chi connectivity index (χ0v) is 20.6. The molecular formula is C28H34N2O5. The van der Waals surface area contributed by atoms with E-state index in [0.29, 0.717) is 25.8 Å². The number of carbonyl (C=O) groups is 3. The number of hydrogen-bond donors (Lipinski definition) is 2. The molecular weight excluding hydrogens is 444 g/mol. The first-order valence-electron chi connectivity index (χ1n) is 12.5. The van der Waals surface area contributed by atoms with Crippen molar-refractivity contribution in [2.24, 2.45) is 11.8 Å². The Balaban J connectivity index is 1.45. The summed E-state index contributed by atoms with van der Waals surface area (Å²) in [6.45, 7) is 6.31. The van der Waals surface area contributed by atoms with Gasteiger partial charge in [-0.05, 0) is 47.9 Å². The Morgan fingerprint density at radius 1 is 1.09 bits per heavy atom. The number of nitrogens with one attached hydrogen (secondary N) is 1. The molecule has 2 N–H and O–H groups in total. The summed E-state index contributed by atoms with van der Waals surface area (Å²) in [5, 5.41) is 12.3. The largest absolute Gasteiger partial charge is 0.481 e. The Morgan fingerprint density at radius 3 is 2.26 bits per heavy atom. The number of piperidine rings is 1. The second-order valence-corrected chi connectivity index (χ2v) is 9.69. The highest BCUT2D eigenvalue weighted by Crippen LogP contribution is 2.44. The average Bonchev–Trinajstić information content (AvgIpc) is 3.19. The molecule has 2 aromatic carbocycles. The standard InChI is InChI=1S/C28H34N2O5/c1-4-17(2)25(26(31)30-15-9-14-19(18(30)3)27(32)33)29-28(34)35-16-24-22-12-7-5-10-20(22)21-11-6-8-13-23(21)24/h5-8,10-13,17-19,24-25H,4,9,14-16H2,1-3H3,(H,29,34)(H,32,33)/t17-,18+,19+,25-/m0/s1. The molecule has 0 bridgehead atoms. The molecule has 7 nitrogen and oxygen atoms in total. The van der Waals surface area contributed by atoms with Gasteiger partial charge in [0.2, 0.25) is 5.91 Å². The summed E-state index contributed by atoms with van der Waals surface area (Å²) in [6.07, 6.45) is 1.23. The molecule has 2 aliphatic rings. The molecule has 0 saturated carbocycles. The number of ether oxygens (including phenoxy) is 1. The van der Waals surface area contributed by atoms with Crippen LogP contribution in [0.15, 0.2) is 48.5 Å². The van der Waals surface area contributed by atoms with E-state index in [9.17, 15) is 19.5 Å². The molecule has 1 fully saturated rings. The predicted octanol–water partition coefficient (Wildman–Crippen LogP) is 4.65. The smallest absolute Gasteiger partial charge is 0.407 e. The fraction of sp³-hybridized carbons (Fsp3) is 0.464. The number of hydrogen-bond acceptors (Lipinski definition) is 4. The number of carbonyl (C=O) groups excluding carboxylic acids is 2. The van der Waals surface area contributed by atoms with E-state index in [1.54, 1.807) is 11.8 Å². The van der Waals surface area contributed by atoms with Crippen molar-refractivity contribution in [1.82, 2.24) is 10.2 Å². The van der Waals surface area contributed by atoms with Gasteiger partial charge in [0.1, 0.15) is 12.6 Å². The van der Waals surface area contributed by atoms with Crippen LogP contribution in [-0.2, 0) is 14.3 Å². The SMILES string of the molecule is CC[C@H](C)[C@H](NC(=O)OCC1c2ccccc2-c2ccccc21)C(=O)N1CCC[C@@H](C(=O)O)[C@H]1C. The maximum atomic E-state index is 13.5. The van der Waals surface area contributed by atoms with Crippen molar-refractivity contribution in [2.45, 2.75) is 58.0 Å². The number of likely N-dealkylation sites (tertiary alicyclic amines) is 1. The van der Waals surface area contributed by atoms with Crippen molar-refractivity contribution in [1.29, 1.82) is 0 Å². The fourth-order valence-corrected chi connectivity index (χ4v) is 5.41. The van der Waals surface area contributed by atoms with E-state index in [2.05, 4.69) is 29.6 Å². The number of benzene rings is 2. The van der Waals surface area contributed by atoms with Crippen molar-refractivity contribution in [3.63, 3.8) is 0 Å². The third-order valence-corrected chi connectivity index (χ3v) is 7.68. The number of carboxylic acids is 1. The lowest BCUT2D eigenvalue weighted by molar-refractivity contribution is -0.150. The molecule has 186 valence electrons. The second-order valence-electron chi connectivity index (χ2n) is 9.69. The molecule has 0 spiro atoms. The second kappa shape index (κ2) is 10.5. The lowest BCUT2D eigenvalue weighted by Gasteiger charge is -2.40. The Bertz CT molecular complexity index is 1050. The van der Waals surface area contributed by atoms with Crippen LogP contribution in [0.2, 0.25) is 0 Å². The van der Waals surface area contributed by atoms with Crippen LogP contribution in [0.1, 0.15) is 57.1 Å². The van der Waals surface area contributed by atoms with Crippen molar-refractivity contribution >= 4 is 18.0 Å². The minimum Gasteiger partial charge on any atom is -0.481 e. The van der Waals surface area contributed by atoms with Crippen LogP contribution in [0, 0.1) is 11.8 Å². The normalized spacial score (nSPS) is 20.9. The Morgan fingerprint density at radius 2 is 1.69 bits per heavy atom. The fourth-order valence-electron chi connectivity index (χ4n) is 5.41. The first-order valence-corrected chi connectivity index (χ1v) is 12.5. The monoisotopic (exact) mass is 478 g/mol. The van der Waals surface area contributed by atoms with E-state index in [1.807, 2.05) is 38.1 Å². The van der Waals surface area contributed by atoms with Gasteiger partial charge in [0, 0.05) is 18.5 Å². The highest BCUT2D eigenvalue weighted by molar-refractivity contribution is 5.87. The predicted molar refractivity (Wildman–Crippen MR) is 133 cm³/mol. The zero-order chi connectivity index (χ0) is 25.1. The molecule has 4 atom stereocenters. The van der Waals surface area contributed by atoms with Gasteiger partial charge in [-0.1, -0.05) is 68.8 Å². The van der Waals surface area contributed by atoms with Crippen molar-refractivity contribution in [3.05, 3.63) is 59.7 Å². The quantitative estimate of drug-likeness (QED) is 0.604. The minimum atomic E-state index is -0.889. The van der Waals surface area contributed by atoms with Gasteiger partial charge in [0.15, 0.2) is 0 Å². The van der Waals surface area contributed by atoms with E-state index in [-0.39, 0.29) is 24.3 Å². The molecule has 1 aliphatic carbocycles. The number of alkyl carbamates (subject to hydrolysis) is 1. The molecule has 2 amide bonds. The van der Waals surface area contributed by atoms with Gasteiger partial charge in [0.05, 0.1) is 5.92 Å². The topological polar surface area (TPSA) is 95.9 Å². The van der Waals surface area contributed by atoms with Crippen LogP contribution >= 0.6 is 0 Å². The lowest BCUT2D eigenvalue weighted by Crippen LogP contribution is -2.57. The third kappa shape index (κ3) is 4.90. The van der Waals surface area contributed by atoms with Gasteiger partial charge >= 0.3 is 12.1 Å². The minimum absolute atomic E-state index is 0.0654. The molecule has 4 rings (SSSR count). The van der Waals surface area contributed by atoms with Crippen molar-refractivity contribution < 1.29 is 24.2 Å². The van der Waals surface area contributed by atoms with Gasteiger partial charge in [-0.15, -0.1) is 0 Å². The first-order chi connectivity index (χ1) is 16.8. The highest BCUT2D eigenvalue weighted by Gasteiger charge is 2.39. The Labute approximate surface area is 206 Å². The molecule has 2 aromatic rings. The van der Waals surface area contributed by atoms with E-state index < -0.39 is 30.1 Å². The van der Waals surface area contributed by atoms with Crippen LogP contribution in [0.4, 0.5) is 4.79 Å². The van der Waals surface area contributed by atoms with E-state index in [0.717, 1.165) is 22.3 Å². The van der Waals surface area contributed by atoms with Crippen molar-refractivity contribution in [2.75, 3.05) is 13.2 Å². The summed E-state index contributed by atoms with van der Waals surface area (Å²) in [5.74, 6) is -1.92. The van der Waals surface area contributed by atoms with Gasteiger partial charge < -0.3 is 20.1 Å². The molecule has 0 aromatic heterocycles. The molecule has 0 unspecified atom stereocenters. The Hall–Kier alpha value is -3.35. The first kappa shape index (κ1) is 24.8. The third-order valence-electron chi connectivity index (χ3n) is 7.68. The summed E-state index contributed by atoms with van der Waals surface area (Å²) in [6, 6.07) is 15.1. The Kier molecular flexibility index (Phi) is 7.43. The lowest BCUT2D eigenvalue weighted by atomic mass is 9.88. The maximum Gasteiger partial charge on any atom is 0.407 e. The van der Waals surface area contributed by atoms with Gasteiger partial charge in [-0.3, -0.25) is 9.59 Å². The van der Waals surface area contributed by atoms with Crippen molar-refractivity contribution in [3.8, 4) is 11.1 Å². The average molecular weight is 479 g/mol. The highest BCUT2D eigenvalue weighted by atomic mass is 16.5. The van der Waals surface area contributed by atoms with E-state index in [1.165, 1.54) is 0 Å². The molecule has 35 heavy (non-hydrogen) atoms. The van der Waals surface area contributed by atoms with Crippen LogP contribution in [-0.4, -0.2) is 53.2 Å². The number of amides is 2. The molecule has 0 radical (unpaired) electrons. The molecule has 1 aliphatic heterocycles. The number of rotatable bonds is 7. The molecule has 1 heterocycles. The van der Waals surface area contributed by atoms with Gasteiger partial charge in [0.25, 0.3) is 0 Å².